The molecule has 2 aliphatic rings. The molecule has 1 saturated carbocycles. The summed E-state index contributed by atoms with van der Waals surface area (Å²) in [4.78, 5) is 11.7. The van der Waals surface area contributed by atoms with Crippen molar-refractivity contribution >= 4 is 5.97 Å². The third-order valence-corrected chi connectivity index (χ3v) is 3.58. The van der Waals surface area contributed by atoms with Crippen LogP contribution in [0.25, 0.3) is 0 Å². The fourth-order valence-corrected chi connectivity index (χ4v) is 2.42. The molecule has 2 fully saturated rings. The molecule has 5 heteroatoms. The van der Waals surface area contributed by atoms with Gasteiger partial charge in [-0.3, -0.25) is 4.79 Å². The summed E-state index contributed by atoms with van der Waals surface area (Å²) in [5.41, 5.74) is -0.738. The molecule has 0 bridgehead atoms. The lowest BCUT2D eigenvalue weighted by Gasteiger charge is -2.37. The molecule has 0 amide bonds. The quantitative estimate of drug-likeness (QED) is 0.554. The summed E-state index contributed by atoms with van der Waals surface area (Å²) in [6.07, 6.45) is 0.532. The van der Waals surface area contributed by atoms with Gasteiger partial charge in [0.15, 0.2) is 0 Å². The lowest BCUT2D eigenvalue weighted by atomic mass is 9.70. The van der Waals surface area contributed by atoms with Gasteiger partial charge in [0.25, 0.3) is 0 Å². The van der Waals surface area contributed by atoms with Crippen LogP contribution in [0.5, 0.6) is 0 Å². The molecule has 0 radical (unpaired) electrons. The molecule has 0 aromatic rings. The van der Waals surface area contributed by atoms with Crippen molar-refractivity contribution in [2.24, 2.45) is 5.41 Å². The number of rotatable bonds is 3. The first-order chi connectivity index (χ1) is 7.47. The van der Waals surface area contributed by atoms with Crippen LogP contribution < -0.4 is 0 Å². The zero-order chi connectivity index (χ0) is 11.8. The standard InChI is InChI=1S/C11H16F2O3/c1-15-9(14)10(6-8-7-16-8)2-4-11(12,13)5-3-10/h8H,2-7H2,1H3. The number of ether oxygens (including phenoxy) is 2. The van der Waals surface area contributed by atoms with Crippen molar-refractivity contribution in [3.63, 3.8) is 0 Å². The van der Waals surface area contributed by atoms with Gasteiger partial charge in [0.05, 0.1) is 25.2 Å². The lowest BCUT2D eigenvalue weighted by molar-refractivity contribution is -0.161. The van der Waals surface area contributed by atoms with E-state index in [2.05, 4.69) is 0 Å². The zero-order valence-corrected chi connectivity index (χ0v) is 9.30. The topological polar surface area (TPSA) is 38.8 Å². The molecule has 1 heterocycles. The molecule has 0 N–H and O–H groups in total. The van der Waals surface area contributed by atoms with E-state index in [0.717, 1.165) is 0 Å². The highest BCUT2D eigenvalue weighted by molar-refractivity contribution is 5.77. The molecule has 0 spiro atoms. The molecular weight excluding hydrogens is 218 g/mol. The van der Waals surface area contributed by atoms with E-state index in [1.54, 1.807) is 0 Å². The summed E-state index contributed by atoms with van der Waals surface area (Å²) in [5, 5.41) is 0. The lowest BCUT2D eigenvalue weighted by Crippen LogP contribution is -2.41. The Hall–Kier alpha value is -0.710. The summed E-state index contributed by atoms with van der Waals surface area (Å²) < 4.78 is 36.0. The van der Waals surface area contributed by atoms with Gasteiger partial charge in [-0.2, -0.15) is 0 Å². The van der Waals surface area contributed by atoms with Gasteiger partial charge in [0.1, 0.15) is 0 Å². The van der Waals surface area contributed by atoms with Crippen molar-refractivity contribution in [1.82, 2.24) is 0 Å². The number of halogens is 2. The van der Waals surface area contributed by atoms with Crippen LogP contribution >= 0.6 is 0 Å². The molecule has 16 heavy (non-hydrogen) atoms. The van der Waals surface area contributed by atoms with Crippen molar-refractivity contribution in [3.05, 3.63) is 0 Å². The second kappa shape index (κ2) is 3.95. The van der Waals surface area contributed by atoms with Crippen molar-refractivity contribution < 1.29 is 23.0 Å². The van der Waals surface area contributed by atoms with Crippen LogP contribution in [0.2, 0.25) is 0 Å². The van der Waals surface area contributed by atoms with Crippen molar-refractivity contribution in [3.8, 4) is 0 Å². The van der Waals surface area contributed by atoms with Crippen LogP contribution in [0.4, 0.5) is 8.78 Å². The Morgan fingerprint density at radius 2 is 1.94 bits per heavy atom. The molecule has 2 rings (SSSR count). The molecule has 1 saturated heterocycles. The van der Waals surface area contributed by atoms with E-state index in [9.17, 15) is 13.6 Å². The van der Waals surface area contributed by atoms with Gasteiger partial charge in [-0.05, 0) is 19.3 Å². The zero-order valence-electron chi connectivity index (χ0n) is 9.30. The number of carbonyl (C=O) groups excluding carboxylic acids is 1. The highest BCUT2D eigenvalue weighted by Gasteiger charge is 2.51. The van der Waals surface area contributed by atoms with E-state index in [1.165, 1.54) is 7.11 Å². The second-order valence-corrected chi connectivity index (χ2v) is 4.79. The van der Waals surface area contributed by atoms with Gasteiger partial charge in [0, 0.05) is 12.8 Å². The summed E-state index contributed by atoms with van der Waals surface area (Å²) in [6, 6.07) is 0. The van der Waals surface area contributed by atoms with Crippen molar-refractivity contribution in [1.29, 1.82) is 0 Å². The first-order valence-electron chi connectivity index (χ1n) is 5.55. The Labute approximate surface area is 93.1 Å². The number of esters is 1. The normalized spacial score (nSPS) is 30.8. The highest BCUT2D eigenvalue weighted by Crippen LogP contribution is 2.48. The van der Waals surface area contributed by atoms with E-state index in [-0.39, 0.29) is 37.8 Å². The molecular formula is C11H16F2O3. The SMILES string of the molecule is COC(=O)C1(CC2CO2)CCC(F)(F)CC1. The van der Waals surface area contributed by atoms with E-state index in [0.29, 0.717) is 13.0 Å². The molecule has 0 aromatic carbocycles. The van der Waals surface area contributed by atoms with E-state index >= 15 is 0 Å². The number of alkyl halides is 2. The Bertz CT molecular complexity index is 277. The first-order valence-corrected chi connectivity index (χ1v) is 5.55. The minimum atomic E-state index is -2.62. The van der Waals surface area contributed by atoms with Crippen molar-refractivity contribution in [2.45, 2.75) is 44.1 Å². The van der Waals surface area contributed by atoms with Crippen LogP contribution in [0.15, 0.2) is 0 Å². The van der Waals surface area contributed by atoms with Crippen LogP contribution in [0, 0.1) is 5.41 Å². The summed E-state index contributed by atoms with van der Waals surface area (Å²) in [6.45, 7) is 0.634. The van der Waals surface area contributed by atoms with E-state index in [4.69, 9.17) is 9.47 Å². The number of hydrogen-bond acceptors (Lipinski definition) is 3. The fourth-order valence-electron chi connectivity index (χ4n) is 2.42. The minimum Gasteiger partial charge on any atom is -0.469 e. The molecule has 0 aromatic heterocycles. The monoisotopic (exact) mass is 234 g/mol. The molecule has 92 valence electrons. The average Bonchev–Trinajstić information content (AvgIpc) is 3.04. The van der Waals surface area contributed by atoms with Crippen LogP contribution in [0.1, 0.15) is 32.1 Å². The molecule has 1 unspecified atom stereocenters. The van der Waals surface area contributed by atoms with E-state index < -0.39 is 11.3 Å². The first kappa shape index (κ1) is 11.8. The Morgan fingerprint density at radius 3 is 2.38 bits per heavy atom. The maximum atomic E-state index is 13.1. The van der Waals surface area contributed by atoms with Gasteiger partial charge in [-0.25, -0.2) is 8.78 Å². The molecule has 1 aliphatic heterocycles. The number of carbonyl (C=O) groups is 1. The van der Waals surface area contributed by atoms with Gasteiger partial charge in [0.2, 0.25) is 5.92 Å². The third kappa shape index (κ3) is 2.34. The van der Waals surface area contributed by atoms with Gasteiger partial charge in [-0.1, -0.05) is 0 Å². The molecule has 3 nitrogen and oxygen atoms in total. The largest absolute Gasteiger partial charge is 0.469 e. The number of methoxy groups -OCH3 is 1. The van der Waals surface area contributed by atoms with Gasteiger partial charge >= 0.3 is 5.97 Å². The maximum Gasteiger partial charge on any atom is 0.311 e. The molecule has 1 atom stereocenters. The fraction of sp³-hybridized carbons (Fsp3) is 0.909. The van der Waals surface area contributed by atoms with Crippen LogP contribution in [0.3, 0.4) is 0 Å². The van der Waals surface area contributed by atoms with Crippen LogP contribution in [-0.4, -0.2) is 31.7 Å². The van der Waals surface area contributed by atoms with Gasteiger partial charge in [-0.15, -0.1) is 0 Å². The minimum absolute atomic E-state index is 0.0609. The molecule has 1 aliphatic carbocycles. The number of epoxide rings is 1. The smallest absolute Gasteiger partial charge is 0.311 e. The summed E-state index contributed by atoms with van der Waals surface area (Å²) >= 11 is 0. The van der Waals surface area contributed by atoms with Gasteiger partial charge < -0.3 is 9.47 Å². The Kier molecular flexibility index (Phi) is 2.90. The highest BCUT2D eigenvalue weighted by atomic mass is 19.3. The van der Waals surface area contributed by atoms with Crippen LogP contribution in [-0.2, 0) is 14.3 Å². The summed E-state index contributed by atoms with van der Waals surface area (Å²) in [7, 11) is 1.31. The predicted molar refractivity (Wildman–Crippen MR) is 52.2 cm³/mol. The third-order valence-electron chi connectivity index (χ3n) is 3.58. The second-order valence-electron chi connectivity index (χ2n) is 4.79. The summed E-state index contributed by atoms with van der Waals surface area (Å²) in [5.74, 6) is -2.99. The Morgan fingerprint density at radius 1 is 1.38 bits per heavy atom. The predicted octanol–water partition coefficient (Wildman–Crippen LogP) is 2.14. The number of hydrogen-bond donors (Lipinski definition) is 0. The maximum absolute atomic E-state index is 13.1. The Balaban J connectivity index is 2.06. The average molecular weight is 234 g/mol. The van der Waals surface area contributed by atoms with Crippen molar-refractivity contribution in [2.75, 3.05) is 13.7 Å². The van der Waals surface area contributed by atoms with E-state index in [1.807, 2.05) is 0 Å².